The lowest BCUT2D eigenvalue weighted by atomic mass is 9.84. The van der Waals surface area contributed by atoms with Gasteiger partial charge in [-0.2, -0.15) is 0 Å². The molecular formula is C21H35F. The van der Waals surface area contributed by atoms with Gasteiger partial charge in [0.1, 0.15) is 6.17 Å². The van der Waals surface area contributed by atoms with E-state index in [0.717, 1.165) is 25.7 Å². The zero-order valence-corrected chi connectivity index (χ0v) is 15.3. The molecule has 0 aliphatic heterocycles. The summed E-state index contributed by atoms with van der Waals surface area (Å²) >= 11 is 0. The minimum Gasteiger partial charge on any atom is -0.247 e. The molecule has 0 spiro atoms. The lowest BCUT2D eigenvalue weighted by molar-refractivity contribution is 0.180. The van der Waals surface area contributed by atoms with Crippen LogP contribution in [0.15, 0.2) is 18.2 Å². The van der Waals surface area contributed by atoms with Crippen molar-refractivity contribution >= 4 is 0 Å². The van der Waals surface area contributed by atoms with Crippen LogP contribution >= 0.6 is 0 Å². The largest absolute Gasteiger partial charge is 0.247 e. The molecule has 2 atom stereocenters. The van der Waals surface area contributed by atoms with E-state index >= 15 is 0 Å². The highest BCUT2D eigenvalue weighted by Gasteiger charge is 2.23. The van der Waals surface area contributed by atoms with Crippen LogP contribution in [0.5, 0.6) is 0 Å². The predicted octanol–water partition coefficient (Wildman–Crippen LogP) is 7.13. The summed E-state index contributed by atoms with van der Waals surface area (Å²) in [6.45, 7) is 10.8. The van der Waals surface area contributed by atoms with E-state index in [0.29, 0.717) is 12.3 Å². The second-order valence-electron chi connectivity index (χ2n) is 7.12. The van der Waals surface area contributed by atoms with E-state index in [-0.39, 0.29) is 5.92 Å². The topological polar surface area (TPSA) is 0 Å². The van der Waals surface area contributed by atoms with Crippen molar-refractivity contribution in [2.24, 2.45) is 5.92 Å². The molecule has 0 N–H and O–H groups in total. The van der Waals surface area contributed by atoms with E-state index in [9.17, 15) is 4.39 Å². The van der Waals surface area contributed by atoms with E-state index in [2.05, 4.69) is 52.8 Å². The van der Waals surface area contributed by atoms with Crippen LogP contribution in [-0.2, 0) is 0 Å². The first-order valence-corrected chi connectivity index (χ1v) is 9.20. The van der Waals surface area contributed by atoms with E-state index in [4.69, 9.17) is 0 Å². The van der Waals surface area contributed by atoms with Gasteiger partial charge in [0.15, 0.2) is 0 Å². The summed E-state index contributed by atoms with van der Waals surface area (Å²) in [5.41, 5.74) is 3.86. The number of unbranched alkanes of at least 4 members (excludes halogenated alkanes) is 2. The summed E-state index contributed by atoms with van der Waals surface area (Å²) < 4.78 is 14.9. The fourth-order valence-electron chi connectivity index (χ4n) is 3.40. The normalized spacial score (nSPS) is 14.3. The molecule has 2 unspecified atom stereocenters. The van der Waals surface area contributed by atoms with Crippen molar-refractivity contribution in [3.63, 3.8) is 0 Å². The Bertz CT molecular complexity index is 396. The maximum atomic E-state index is 14.9. The van der Waals surface area contributed by atoms with Crippen LogP contribution in [0.4, 0.5) is 4.39 Å². The van der Waals surface area contributed by atoms with E-state index in [1.807, 2.05) is 0 Å². The molecule has 0 saturated carbocycles. The lowest BCUT2D eigenvalue weighted by Crippen LogP contribution is -2.18. The molecule has 0 aliphatic rings. The Hall–Kier alpha value is -0.850. The van der Waals surface area contributed by atoms with Gasteiger partial charge in [-0.3, -0.25) is 0 Å². The number of hydrogen-bond donors (Lipinski definition) is 0. The number of alkyl halides is 1. The average Bonchev–Trinajstić information content (AvgIpc) is 2.46. The highest BCUT2D eigenvalue weighted by atomic mass is 19.1. The number of aryl methyl sites for hydroxylation is 2. The predicted molar refractivity (Wildman–Crippen MR) is 96.4 cm³/mol. The monoisotopic (exact) mass is 306 g/mol. The third-order valence-corrected chi connectivity index (χ3v) is 4.76. The van der Waals surface area contributed by atoms with E-state index < -0.39 is 6.17 Å². The Morgan fingerprint density at radius 3 is 1.86 bits per heavy atom. The molecule has 1 aromatic carbocycles. The van der Waals surface area contributed by atoms with Crippen molar-refractivity contribution < 1.29 is 4.39 Å². The Morgan fingerprint density at radius 1 is 0.909 bits per heavy atom. The van der Waals surface area contributed by atoms with E-state index in [1.165, 1.54) is 29.5 Å². The number of hydrogen-bond acceptors (Lipinski definition) is 0. The van der Waals surface area contributed by atoms with E-state index in [1.54, 1.807) is 0 Å². The molecule has 126 valence electrons. The minimum atomic E-state index is -0.658. The van der Waals surface area contributed by atoms with Gasteiger partial charge in [-0.05, 0) is 50.5 Å². The maximum absolute atomic E-state index is 14.9. The number of rotatable bonds is 10. The van der Waals surface area contributed by atoms with Gasteiger partial charge < -0.3 is 0 Å². The standard InChI is InChI=1S/C21H35F/c1-6-8-10-19(11-9-7-2)21(22)15-18(5)20-13-16(3)12-17(4)14-20/h12-14,18-19,21H,6-11,15H2,1-5H3. The second kappa shape index (κ2) is 10.0. The van der Waals surface area contributed by atoms with Crippen LogP contribution < -0.4 is 0 Å². The molecule has 0 nitrogen and oxygen atoms in total. The third-order valence-electron chi connectivity index (χ3n) is 4.76. The summed E-state index contributed by atoms with van der Waals surface area (Å²) in [4.78, 5) is 0. The summed E-state index contributed by atoms with van der Waals surface area (Å²) in [5.74, 6) is 0.563. The highest BCUT2D eigenvalue weighted by molar-refractivity contribution is 5.30. The lowest BCUT2D eigenvalue weighted by Gasteiger charge is -2.24. The fraction of sp³-hybridized carbons (Fsp3) is 0.714. The minimum absolute atomic E-state index is 0.258. The second-order valence-corrected chi connectivity index (χ2v) is 7.12. The molecule has 1 heteroatoms. The van der Waals surface area contributed by atoms with Crippen LogP contribution in [0.25, 0.3) is 0 Å². The highest BCUT2D eigenvalue weighted by Crippen LogP contribution is 2.31. The average molecular weight is 307 g/mol. The smallest absolute Gasteiger partial charge is 0.103 e. The van der Waals surface area contributed by atoms with Gasteiger partial charge >= 0.3 is 0 Å². The quantitative estimate of drug-likeness (QED) is 0.431. The zero-order valence-electron chi connectivity index (χ0n) is 15.3. The van der Waals surface area contributed by atoms with Gasteiger partial charge in [0.05, 0.1) is 0 Å². The van der Waals surface area contributed by atoms with Gasteiger partial charge in [0, 0.05) is 0 Å². The molecule has 0 amide bonds. The number of halogens is 1. The first-order chi connectivity index (χ1) is 10.5. The molecule has 0 fully saturated rings. The van der Waals surface area contributed by atoms with Gasteiger partial charge in [-0.25, -0.2) is 4.39 Å². The Labute approximate surface area is 137 Å². The molecule has 0 radical (unpaired) electrons. The van der Waals surface area contributed by atoms with Crippen LogP contribution in [0.3, 0.4) is 0 Å². The molecule has 0 aliphatic carbocycles. The first-order valence-electron chi connectivity index (χ1n) is 9.20. The van der Waals surface area contributed by atoms with Crippen LogP contribution in [0.2, 0.25) is 0 Å². The summed E-state index contributed by atoms with van der Waals surface area (Å²) in [5, 5.41) is 0. The Morgan fingerprint density at radius 2 is 1.41 bits per heavy atom. The van der Waals surface area contributed by atoms with Crippen LogP contribution in [-0.4, -0.2) is 6.17 Å². The molecule has 1 aromatic rings. The molecule has 0 heterocycles. The van der Waals surface area contributed by atoms with Crippen molar-refractivity contribution in [3.8, 4) is 0 Å². The van der Waals surface area contributed by atoms with Gasteiger partial charge in [-0.1, -0.05) is 75.8 Å². The van der Waals surface area contributed by atoms with Crippen molar-refractivity contribution in [2.75, 3.05) is 0 Å². The van der Waals surface area contributed by atoms with Gasteiger partial charge in [0.2, 0.25) is 0 Å². The van der Waals surface area contributed by atoms with Crippen LogP contribution in [0, 0.1) is 19.8 Å². The Kier molecular flexibility index (Phi) is 8.75. The van der Waals surface area contributed by atoms with Crippen molar-refractivity contribution in [2.45, 2.75) is 91.7 Å². The van der Waals surface area contributed by atoms with Gasteiger partial charge in [0.25, 0.3) is 0 Å². The van der Waals surface area contributed by atoms with Crippen molar-refractivity contribution in [3.05, 3.63) is 34.9 Å². The first kappa shape index (κ1) is 19.2. The fourth-order valence-corrected chi connectivity index (χ4v) is 3.40. The summed E-state index contributed by atoms with van der Waals surface area (Å²) in [6.07, 6.45) is 6.77. The number of benzene rings is 1. The SMILES string of the molecule is CCCCC(CCCC)C(F)CC(C)c1cc(C)cc(C)c1. The zero-order chi connectivity index (χ0) is 16.5. The molecule has 0 saturated heterocycles. The summed E-state index contributed by atoms with van der Waals surface area (Å²) in [7, 11) is 0. The summed E-state index contributed by atoms with van der Waals surface area (Å²) in [6, 6.07) is 6.63. The molecule has 1 rings (SSSR count). The van der Waals surface area contributed by atoms with Crippen molar-refractivity contribution in [1.82, 2.24) is 0 Å². The molecule has 0 aromatic heterocycles. The van der Waals surface area contributed by atoms with Gasteiger partial charge in [-0.15, -0.1) is 0 Å². The molecular weight excluding hydrogens is 271 g/mol. The third kappa shape index (κ3) is 6.50. The Balaban J connectivity index is 2.67. The van der Waals surface area contributed by atoms with Crippen LogP contribution in [0.1, 0.15) is 88.3 Å². The maximum Gasteiger partial charge on any atom is 0.103 e. The molecule has 0 bridgehead atoms. The molecule has 22 heavy (non-hydrogen) atoms. The van der Waals surface area contributed by atoms with Crippen molar-refractivity contribution in [1.29, 1.82) is 0 Å².